The summed E-state index contributed by atoms with van der Waals surface area (Å²) in [6.45, 7) is 4.31. The Labute approximate surface area is 164 Å². The molecule has 1 aliphatic heterocycles. The summed E-state index contributed by atoms with van der Waals surface area (Å²) < 4.78 is 25.4. The molecule has 0 saturated carbocycles. The molecule has 0 unspecified atom stereocenters. The molecule has 0 spiro atoms. The molecule has 1 amide bonds. The second kappa shape index (κ2) is 7.67. The molecule has 1 aromatic carbocycles. The molecule has 1 atom stereocenters. The van der Waals surface area contributed by atoms with E-state index in [2.05, 4.69) is 5.10 Å². The summed E-state index contributed by atoms with van der Waals surface area (Å²) in [5.74, 6) is 0.318. The fraction of sp³-hybridized carbons (Fsp3) is 0.474. The van der Waals surface area contributed by atoms with Crippen LogP contribution < -0.4 is 0 Å². The average Bonchev–Trinajstić information content (AvgIpc) is 3.14. The number of sulfone groups is 1. The van der Waals surface area contributed by atoms with Crippen LogP contribution in [0.5, 0.6) is 0 Å². The summed E-state index contributed by atoms with van der Waals surface area (Å²) in [4.78, 5) is 15.5. The molecule has 8 heteroatoms. The maximum Gasteiger partial charge on any atom is 0.253 e. The smallest absolute Gasteiger partial charge is 0.253 e. The molecule has 27 heavy (non-hydrogen) atoms. The second-order valence-corrected chi connectivity index (χ2v) is 10.1. The Balaban J connectivity index is 1.77. The number of amides is 1. The van der Waals surface area contributed by atoms with Crippen molar-refractivity contribution in [3.63, 3.8) is 0 Å². The van der Waals surface area contributed by atoms with E-state index < -0.39 is 9.84 Å². The van der Waals surface area contributed by atoms with Gasteiger partial charge in [0.2, 0.25) is 0 Å². The van der Waals surface area contributed by atoms with Crippen LogP contribution in [0.25, 0.3) is 0 Å². The molecule has 2 heterocycles. The van der Waals surface area contributed by atoms with E-state index in [1.165, 1.54) is 0 Å². The van der Waals surface area contributed by atoms with Crippen molar-refractivity contribution in [1.82, 2.24) is 14.7 Å². The van der Waals surface area contributed by atoms with E-state index in [-0.39, 0.29) is 23.5 Å². The number of hydrogen-bond donors (Lipinski definition) is 0. The van der Waals surface area contributed by atoms with Crippen molar-refractivity contribution < 1.29 is 13.2 Å². The minimum Gasteiger partial charge on any atom is -0.337 e. The number of carbonyl (C=O) groups is 1. The summed E-state index contributed by atoms with van der Waals surface area (Å²) in [7, 11) is -1.19. The number of nitrogens with zero attached hydrogens (tertiary/aromatic N) is 3. The molecule has 3 rings (SSSR count). The molecule has 1 saturated heterocycles. The monoisotopic (exact) mass is 407 g/mol. The van der Waals surface area contributed by atoms with E-state index in [1.807, 2.05) is 49.1 Å². The Morgan fingerprint density at radius 1 is 1.30 bits per heavy atom. The number of aromatic nitrogens is 2. The van der Waals surface area contributed by atoms with Gasteiger partial charge < -0.3 is 4.90 Å². The van der Waals surface area contributed by atoms with E-state index in [9.17, 15) is 13.2 Å². The second-order valence-electron chi connectivity index (χ2n) is 7.04. The van der Waals surface area contributed by atoms with E-state index in [1.54, 1.807) is 23.7 Å². The van der Waals surface area contributed by atoms with Crippen molar-refractivity contribution in [2.45, 2.75) is 37.8 Å². The Kier molecular flexibility index (Phi) is 5.67. The van der Waals surface area contributed by atoms with Crippen LogP contribution in [0.1, 0.15) is 39.8 Å². The van der Waals surface area contributed by atoms with Gasteiger partial charge in [0.25, 0.3) is 5.91 Å². The summed E-state index contributed by atoms with van der Waals surface area (Å²) in [5.41, 5.74) is 3.41. The van der Waals surface area contributed by atoms with Crippen molar-refractivity contribution in [3.05, 3.63) is 46.8 Å². The molecule has 146 valence electrons. The normalized spacial score (nSPS) is 18.6. The highest BCUT2D eigenvalue weighted by Gasteiger charge is 2.31. The van der Waals surface area contributed by atoms with Gasteiger partial charge in [-0.25, -0.2) is 8.42 Å². The van der Waals surface area contributed by atoms with E-state index in [4.69, 9.17) is 0 Å². The van der Waals surface area contributed by atoms with Gasteiger partial charge in [-0.3, -0.25) is 9.48 Å². The average molecular weight is 408 g/mol. The first-order valence-corrected chi connectivity index (χ1v) is 11.9. The predicted octanol–water partition coefficient (Wildman–Crippen LogP) is 2.85. The highest BCUT2D eigenvalue weighted by Crippen LogP contribution is 2.27. The Morgan fingerprint density at radius 3 is 2.52 bits per heavy atom. The van der Waals surface area contributed by atoms with Gasteiger partial charge in [-0.05, 0) is 50.8 Å². The molecule has 2 aromatic rings. The lowest BCUT2D eigenvalue weighted by molar-refractivity contribution is 0.0784. The van der Waals surface area contributed by atoms with Crippen molar-refractivity contribution in [3.8, 4) is 0 Å². The first-order valence-electron chi connectivity index (χ1n) is 8.86. The zero-order valence-electron chi connectivity index (χ0n) is 16.1. The van der Waals surface area contributed by atoms with Crippen molar-refractivity contribution in [1.29, 1.82) is 0 Å². The molecular formula is C19H25N3O3S2. The fourth-order valence-electron chi connectivity index (χ4n) is 3.51. The maximum atomic E-state index is 12.7. The first kappa shape index (κ1) is 19.9. The molecule has 0 bridgehead atoms. The van der Waals surface area contributed by atoms with Gasteiger partial charge in [0.1, 0.15) is 0 Å². The molecular weight excluding hydrogens is 382 g/mol. The SMILES string of the molecule is CSc1ccc(C(=O)N(C)Cc2c(C)nn([C@H]3CCS(=O)(=O)C3)c2C)cc1. The first-order chi connectivity index (χ1) is 12.7. The highest BCUT2D eigenvalue weighted by molar-refractivity contribution is 7.98. The number of carbonyl (C=O) groups excluding carboxylic acids is 1. The van der Waals surface area contributed by atoms with Crippen LogP contribution in [-0.2, 0) is 16.4 Å². The lowest BCUT2D eigenvalue weighted by Crippen LogP contribution is -2.26. The quantitative estimate of drug-likeness (QED) is 0.713. The van der Waals surface area contributed by atoms with Crippen LogP contribution in [0, 0.1) is 13.8 Å². The third kappa shape index (κ3) is 4.21. The lowest BCUT2D eigenvalue weighted by atomic mass is 10.1. The highest BCUT2D eigenvalue weighted by atomic mass is 32.2. The van der Waals surface area contributed by atoms with Crippen molar-refractivity contribution in [2.75, 3.05) is 24.8 Å². The molecule has 1 fully saturated rings. The van der Waals surface area contributed by atoms with Gasteiger partial charge in [-0.15, -0.1) is 11.8 Å². The van der Waals surface area contributed by atoms with Crippen LogP contribution >= 0.6 is 11.8 Å². The summed E-state index contributed by atoms with van der Waals surface area (Å²) >= 11 is 1.64. The zero-order chi connectivity index (χ0) is 19.8. The van der Waals surface area contributed by atoms with E-state index >= 15 is 0 Å². The largest absolute Gasteiger partial charge is 0.337 e. The van der Waals surface area contributed by atoms with Gasteiger partial charge in [0.15, 0.2) is 9.84 Å². The topological polar surface area (TPSA) is 72.3 Å². The van der Waals surface area contributed by atoms with Gasteiger partial charge in [-0.1, -0.05) is 0 Å². The molecule has 0 aliphatic carbocycles. The minimum atomic E-state index is -2.97. The van der Waals surface area contributed by atoms with Gasteiger partial charge in [0, 0.05) is 35.3 Å². The maximum absolute atomic E-state index is 12.7. The summed E-state index contributed by atoms with van der Waals surface area (Å²) in [6, 6.07) is 7.47. The van der Waals surface area contributed by atoms with E-state index in [0.717, 1.165) is 21.8 Å². The van der Waals surface area contributed by atoms with Crippen LogP contribution in [0.15, 0.2) is 29.2 Å². The Hall–Kier alpha value is -1.80. The summed E-state index contributed by atoms with van der Waals surface area (Å²) in [6.07, 6.45) is 2.60. The third-order valence-electron chi connectivity index (χ3n) is 5.11. The van der Waals surface area contributed by atoms with Crippen LogP contribution in [0.4, 0.5) is 0 Å². The standard InChI is InChI=1S/C19H25N3O3S2/c1-13-18(14(2)22(20-13)16-9-10-27(24,25)12-16)11-21(3)19(23)15-5-7-17(26-4)8-6-15/h5-8,16H,9-12H2,1-4H3/t16-/m0/s1. The molecule has 6 nitrogen and oxygen atoms in total. The number of rotatable bonds is 5. The zero-order valence-corrected chi connectivity index (χ0v) is 17.7. The fourth-order valence-corrected chi connectivity index (χ4v) is 5.61. The summed E-state index contributed by atoms with van der Waals surface area (Å²) in [5, 5.41) is 4.58. The van der Waals surface area contributed by atoms with Gasteiger partial charge in [-0.2, -0.15) is 5.10 Å². The predicted molar refractivity (Wildman–Crippen MR) is 108 cm³/mol. The Morgan fingerprint density at radius 2 is 1.96 bits per heavy atom. The molecule has 1 aliphatic rings. The molecule has 0 radical (unpaired) electrons. The number of hydrogen-bond acceptors (Lipinski definition) is 5. The molecule has 1 aromatic heterocycles. The number of thioether (sulfide) groups is 1. The van der Waals surface area contributed by atoms with Crippen molar-refractivity contribution in [2.24, 2.45) is 0 Å². The van der Waals surface area contributed by atoms with Gasteiger partial charge >= 0.3 is 0 Å². The molecule has 0 N–H and O–H groups in total. The van der Waals surface area contributed by atoms with Crippen LogP contribution in [-0.4, -0.2) is 53.8 Å². The van der Waals surface area contributed by atoms with Gasteiger partial charge in [0.05, 0.1) is 23.2 Å². The number of benzene rings is 1. The lowest BCUT2D eigenvalue weighted by Gasteiger charge is -2.18. The van der Waals surface area contributed by atoms with Crippen LogP contribution in [0.2, 0.25) is 0 Å². The number of aryl methyl sites for hydroxylation is 1. The Bertz CT molecular complexity index is 949. The van der Waals surface area contributed by atoms with Crippen molar-refractivity contribution >= 4 is 27.5 Å². The van der Waals surface area contributed by atoms with E-state index in [0.29, 0.717) is 18.5 Å². The van der Waals surface area contributed by atoms with Crippen LogP contribution in [0.3, 0.4) is 0 Å². The minimum absolute atomic E-state index is 0.0438. The third-order valence-corrected chi connectivity index (χ3v) is 7.60.